The van der Waals surface area contributed by atoms with Crippen LogP contribution < -0.4 is 10.1 Å². The number of fused-ring (bicyclic) bond motifs is 1. The van der Waals surface area contributed by atoms with E-state index in [0.29, 0.717) is 0 Å². The van der Waals surface area contributed by atoms with Crippen molar-refractivity contribution in [3.63, 3.8) is 0 Å². The first-order valence-electron chi connectivity index (χ1n) is 6.75. The maximum absolute atomic E-state index is 6.18. The van der Waals surface area contributed by atoms with Crippen molar-refractivity contribution in [2.75, 3.05) is 13.7 Å². The van der Waals surface area contributed by atoms with Gasteiger partial charge in [-0.15, -0.1) is 0 Å². The van der Waals surface area contributed by atoms with E-state index in [1.165, 1.54) is 0 Å². The fraction of sp³-hybridized carbons (Fsp3) is 0.600. The molecule has 1 aromatic rings. The van der Waals surface area contributed by atoms with Gasteiger partial charge in [0, 0.05) is 30.2 Å². The molecule has 2 rings (SSSR count). The SMILES string of the molecule is CCNC1CC(C)(C(C)OC)Oc2ccc(Cl)cc21. The number of hydrogen-bond acceptors (Lipinski definition) is 3. The Bertz CT molecular complexity index is 452. The van der Waals surface area contributed by atoms with Crippen LogP contribution in [0.25, 0.3) is 0 Å². The first kappa shape index (κ1) is 14.6. The van der Waals surface area contributed by atoms with E-state index >= 15 is 0 Å². The van der Waals surface area contributed by atoms with E-state index < -0.39 is 0 Å². The molecule has 4 heteroatoms. The molecule has 0 saturated heterocycles. The minimum atomic E-state index is -0.331. The standard InChI is InChI=1S/C15H22ClNO2/c1-5-17-13-9-15(3,10(2)18-4)19-14-7-6-11(16)8-12(13)14/h6-8,10,13,17H,5,9H2,1-4H3. The van der Waals surface area contributed by atoms with Crippen LogP contribution in [0.15, 0.2) is 18.2 Å². The molecule has 1 N–H and O–H groups in total. The van der Waals surface area contributed by atoms with Crippen molar-refractivity contribution in [3.05, 3.63) is 28.8 Å². The van der Waals surface area contributed by atoms with E-state index in [4.69, 9.17) is 21.1 Å². The summed E-state index contributed by atoms with van der Waals surface area (Å²) in [6, 6.07) is 6.05. The molecule has 3 nitrogen and oxygen atoms in total. The number of nitrogens with one attached hydrogen (secondary N) is 1. The average Bonchev–Trinajstić information content (AvgIpc) is 2.39. The molecule has 19 heavy (non-hydrogen) atoms. The second kappa shape index (κ2) is 5.70. The molecule has 3 atom stereocenters. The summed E-state index contributed by atoms with van der Waals surface area (Å²) in [5.41, 5.74) is 0.803. The molecule has 0 bridgehead atoms. The lowest BCUT2D eigenvalue weighted by molar-refractivity contribution is -0.0730. The van der Waals surface area contributed by atoms with E-state index in [-0.39, 0.29) is 17.7 Å². The number of methoxy groups -OCH3 is 1. The van der Waals surface area contributed by atoms with Crippen LogP contribution in [0, 0.1) is 0 Å². The van der Waals surface area contributed by atoms with Crippen LogP contribution in [0.5, 0.6) is 5.75 Å². The second-order valence-electron chi connectivity index (χ2n) is 5.29. The van der Waals surface area contributed by atoms with Crippen molar-refractivity contribution < 1.29 is 9.47 Å². The van der Waals surface area contributed by atoms with Gasteiger partial charge in [-0.3, -0.25) is 0 Å². The Morgan fingerprint density at radius 1 is 1.58 bits per heavy atom. The van der Waals surface area contributed by atoms with Crippen LogP contribution >= 0.6 is 11.6 Å². The van der Waals surface area contributed by atoms with Crippen LogP contribution in [0.1, 0.15) is 38.8 Å². The molecule has 1 aliphatic heterocycles. The highest BCUT2D eigenvalue weighted by Gasteiger charge is 2.41. The van der Waals surface area contributed by atoms with Crippen molar-refractivity contribution in [1.82, 2.24) is 5.32 Å². The predicted molar refractivity (Wildman–Crippen MR) is 78.0 cm³/mol. The molecule has 0 spiro atoms. The van der Waals surface area contributed by atoms with Gasteiger partial charge in [0.15, 0.2) is 0 Å². The van der Waals surface area contributed by atoms with Gasteiger partial charge in [0.2, 0.25) is 0 Å². The molecular weight excluding hydrogens is 262 g/mol. The molecule has 106 valence electrons. The molecule has 0 aromatic heterocycles. The van der Waals surface area contributed by atoms with E-state index in [0.717, 1.165) is 29.3 Å². The highest BCUT2D eigenvalue weighted by molar-refractivity contribution is 6.30. The fourth-order valence-corrected chi connectivity index (χ4v) is 2.80. The van der Waals surface area contributed by atoms with Crippen LogP contribution in [0.4, 0.5) is 0 Å². The Balaban J connectivity index is 2.38. The summed E-state index contributed by atoms with van der Waals surface area (Å²) in [7, 11) is 1.72. The monoisotopic (exact) mass is 283 g/mol. The first-order chi connectivity index (χ1) is 9.00. The predicted octanol–water partition coefficient (Wildman–Crippen LogP) is 3.57. The lowest BCUT2D eigenvalue weighted by atomic mass is 9.85. The Morgan fingerprint density at radius 2 is 2.32 bits per heavy atom. The Hall–Kier alpha value is -0.770. The molecule has 0 fully saturated rings. The molecule has 0 saturated carbocycles. The third-order valence-electron chi connectivity index (χ3n) is 3.96. The van der Waals surface area contributed by atoms with Gasteiger partial charge < -0.3 is 14.8 Å². The van der Waals surface area contributed by atoms with Crippen LogP contribution in [-0.2, 0) is 4.74 Å². The minimum Gasteiger partial charge on any atom is -0.484 e. The lowest BCUT2D eigenvalue weighted by Gasteiger charge is -2.43. The highest BCUT2D eigenvalue weighted by atomic mass is 35.5. The Morgan fingerprint density at radius 3 is 2.95 bits per heavy atom. The van der Waals surface area contributed by atoms with Crippen LogP contribution in [0.2, 0.25) is 5.02 Å². The number of rotatable bonds is 4. The van der Waals surface area contributed by atoms with Crippen LogP contribution in [0.3, 0.4) is 0 Å². The maximum Gasteiger partial charge on any atom is 0.134 e. The largest absolute Gasteiger partial charge is 0.484 e. The topological polar surface area (TPSA) is 30.5 Å². The smallest absolute Gasteiger partial charge is 0.134 e. The van der Waals surface area contributed by atoms with E-state index in [1.54, 1.807) is 7.11 Å². The zero-order valence-corrected chi connectivity index (χ0v) is 12.8. The lowest BCUT2D eigenvalue weighted by Crippen LogP contribution is -2.49. The summed E-state index contributed by atoms with van der Waals surface area (Å²) in [6.45, 7) is 7.16. The molecule has 0 aliphatic carbocycles. The molecule has 1 heterocycles. The van der Waals surface area contributed by atoms with Gasteiger partial charge in [0.05, 0.1) is 6.10 Å². The van der Waals surface area contributed by atoms with Gasteiger partial charge in [0.25, 0.3) is 0 Å². The number of benzene rings is 1. The molecule has 1 aromatic carbocycles. The molecule has 3 unspecified atom stereocenters. The molecular formula is C15H22ClNO2. The third kappa shape index (κ3) is 2.88. The van der Waals surface area contributed by atoms with Crippen molar-refractivity contribution >= 4 is 11.6 Å². The quantitative estimate of drug-likeness (QED) is 0.916. The number of halogens is 1. The zero-order valence-electron chi connectivity index (χ0n) is 12.0. The summed E-state index contributed by atoms with van der Waals surface area (Å²) < 4.78 is 11.7. The third-order valence-corrected chi connectivity index (χ3v) is 4.20. The van der Waals surface area contributed by atoms with Crippen molar-refractivity contribution in [2.24, 2.45) is 0 Å². The van der Waals surface area contributed by atoms with E-state index in [1.807, 2.05) is 25.1 Å². The van der Waals surface area contributed by atoms with Gasteiger partial charge in [0.1, 0.15) is 11.4 Å². The summed E-state index contributed by atoms with van der Waals surface area (Å²) in [5, 5.41) is 4.25. The maximum atomic E-state index is 6.18. The van der Waals surface area contributed by atoms with Gasteiger partial charge in [-0.25, -0.2) is 0 Å². The van der Waals surface area contributed by atoms with Gasteiger partial charge in [-0.2, -0.15) is 0 Å². The van der Waals surface area contributed by atoms with Crippen molar-refractivity contribution in [1.29, 1.82) is 0 Å². The minimum absolute atomic E-state index is 0.0254. The number of hydrogen-bond donors (Lipinski definition) is 1. The average molecular weight is 284 g/mol. The summed E-state index contributed by atoms with van der Waals surface area (Å²) in [6.07, 6.45) is 0.890. The first-order valence-corrected chi connectivity index (χ1v) is 7.12. The summed E-state index contributed by atoms with van der Waals surface area (Å²) in [5.74, 6) is 0.896. The second-order valence-corrected chi connectivity index (χ2v) is 5.73. The van der Waals surface area contributed by atoms with Crippen molar-refractivity contribution in [2.45, 2.75) is 44.9 Å². The van der Waals surface area contributed by atoms with E-state index in [2.05, 4.69) is 19.2 Å². The van der Waals surface area contributed by atoms with Crippen molar-refractivity contribution in [3.8, 4) is 5.75 Å². The van der Waals surface area contributed by atoms with Gasteiger partial charge >= 0.3 is 0 Å². The van der Waals surface area contributed by atoms with Gasteiger partial charge in [-0.05, 0) is 38.6 Å². The highest BCUT2D eigenvalue weighted by Crippen LogP contribution is 2.42. The van der Waals surface area contributed by atoms with Crippen LogP contribution in [-0.4, -0.2) is 25.4 Å². The molecule has 1 aliphatic rings. The Kier molecular flexibility index (Phi) is 4.39. The Labute approximate surface area is 120 Å². The van der Waals surface area contributed by atoms with Gasteiger partial charge in [-0.1, -0.05) is 18.5 Å². The normalized spacial score (nSPS) is 27.5. The summed E-state index contributed by atoms with van der Waals surface area (Å²) >= 11 is 6.10. The fourth-order valence-electron chi connectivity index (χ4n) is 2.62. The molecule has 0 radical (unpaired) electrons. The van der Waals surface area contributed by atoms with E-state index in [9.17, 15) is 0 Å². The molecule has 0 amide bonds. The zero-order chi connectivity index (χ0) is 14.0. The summed E-state index contributed by atoms with van der Waals surface area (Å²) in [4.78, 5) is 0. The number of ether oxygens (including phenoxy) is 2.